The summed E-state index contributed by atoms with van der Waals surface area (Å²) in [7, 11) is 0. The number of nitro benzene ring substituents is 1. The Hall–Kier alpha value is -1.21. The molecule has 5 nitrogen and oxygen atoms in total. The maximum absolute atomic E-state index is 11.6. The maximum atomic E-state index is 11.6. The summed E-state index contributed by atoms with van der Waals surface area (Å²) >= 11 is 5.62. The lowest BCUT2D eigenvalue weighted by Gasteiger charge is -2.10. The van der Waals surface area contributed by atoms with Crippen LogP contribution in [0.3, 0.4) is 0 Å². The third-order valence-corrected chi connectivity index (χ3v) is 4.04. The molecule has 1 unspecified atom stereocenters. The molecule has 0 aliphatic carbocycles. The average Bonchev–Trinajstić information content (AvgIpc) is 2.35. The Balaban J connectivity index is 2.99. The number of thiol groups is 1. The van der Waals surface area contributed by atoms with E-state index in [9.17, 15) is 14.9 Å². The van der Waals surface area contributed by atoms with Gasteiger partial charge in [0.2, 0.25) is 5.91 Å². The second kappa shape index (κ2) is 7.54. The number of hydrogen-bond donors (Lipinski definition) is 2. The van der Waals surface area contributed by atoms with Crippen LogP contribution in [0.1, 0.15) is 20.8 Å². The highest BCUT2D eigenvalue weighted by molar-refractivity contribution is 7.99. The number of carbonyl (C=O) groups excluding carboxylic acids is 1. The summed E-state index contributed by atoms with van der Waals surface area (Å²) < 4.78 is 0. The van der Waals surface area contributed by atoms with Crippen LogP contribution in [0.25, 0.3) is 0 Å². The van der Waals surface area contributed by atoms with Crippen molar-refractivity contribution in [3.8, 4) is 0 Å². The molecule has 0 aliphatic heterocycles. The molecule has 0 saturated heterocycles. The van der Waals surface area contributed by atoms with Crippen molar-refractivity contribution in [3.05, 3.63) is 28.3 Å². The van der Waals surface area contributed by atoms with E-state index in [1.54, 1.807) is 30.8 Å². The molecule has 0 aliphatic rings. The largest absolute Gasteiger partial charge is 0.319 e. The van der Waals surface area contributed by atoms with Gasteiger partial charge in [-0.2, -0.15) is 12.6 Å². The minimum atomic E-state index is -0.526. The van der Waals surface area contributed by atoms with Crippen molar-refractivity contribution in [2.45, 2.75) is 30.9 Å². The predicted octanol–water partition coefficient (Wildman–Crippen LogP) is 3.60. The molecule has 1 atom stereocenters. The van der Waals surface area contributed by atoms with Gasteiger partial charge in [0.15, 0.2) is 0 Å². The fourth-order valence-electron chi connectivity index (χ4n) is 1.36. The Morgan fingerprint density at radius 3 is 2.60 bits per heavy atom. The molecule has 1 aromatic carbocycles. The molecule has 20 heavy (non-hydrogen) atoms. The van der Waals surface area contributed by atoms with E-state index in [2.05, 4.69) is 31.8 Å². The first-order chi connectivity index (χ1) is 9.31. The summed E-state index contributed by atoms with van der Waals surface area (Å²) in [5.74, 6) is 1.07. The van der Waals surface area contributed by atoms with Crippen LogP contribution in [-0.2, 0) is 4.79 Å². The van der Waals surface area contributed by atoms with Gasteiger partial charge < -0.3 is 5.32 Å². The smallest absolute Gasteiger partial charge is 0.292 e. The zero-order chi connectivity index (χ0) is 15.3. The minimum absolute atomic E-state index is 0.110. The Labute approximate surface area is 128 Å². The van der Waals surface area contributed by atoms with Gasteiger partial charge in [0.25, 0.3) is 5.69 Å². The lowest BCUT2D eigenvalue weighted by Crippen LogP contribution is -2.21. The lowest BCUT2D eigenvalue weighted by molar-refractivity contribution is -0.384. The number of thioether (sulfide) groups is 1. The molecule has 1 aromatic rings. The summed E-state index contributed by atoms with van der Waals surface area (Å²) in [4.78, 5) is 23.0. The molecule has 1 rings (SSSR count). The van der Waals surface area contributed by atoms with Crippen molar-refractivity contribution in [2.24, 2.45) is 5.92 Å². The summed E-state index contributed by atoms with van der Waals surface area (Å²) in [6, 6.07) is 4.76. The highest BCUT2D eigenvalue weighted by Gasteiger charge is 2.18. The van der Waals surface area contributed by atoms with E-state index in [4.69, 9.17) is 0 Å². The van der Waals surface area contributed by atoms with Crippen molar-refractivity contribution in [2.75, 3.05) is 11.1 Å². The van der Waals surface area contributed by atoms with E-state index in [1.165, 1.54) is 6.07 Å². The number of nitro groups is 1. The summed E-state index contributed by atoms with van der Waals surface area (Å²) in [6.45, 7) is 5.81. The molecule has 0 heterocycles. The van der Waals surface area contributed by atoms with Crippen LogP contribution in [0.2, 0.25) is 0 Å². The van der Waals surface area contributed by atoms with Gasteiger partial charge in [0.05, 0.1) is 10.2 Å². The zero-order valence-corrected chi connectivity index (χ0v) is 13.3. The van der Waals surface area contributed by atoms with E-state index in [-0.39, 0.29) is 17.3 Å². The average molecular weight is 314 g/mol. The zero-order valence-electron chi connectivity index (χ0n) is 11.6. The molecule has 0 radical (unpaired) electrons. The van der Waals surface area contributed by atoms with Crippen LogP contribution in [0, 0.1) is 16.0 Å². The first-order valence-corrected chi connectivity index (χ1v) is 7.71. The van der Waals surface area contributed by atoms with Gasteiger partial charge in [0, 0.05) is 16.7 Å². The molecule has 1 N–H and O–H groups in total. The molecule has 0 spiro atoms. The number of nitrogens with one attached hydrogen (secondary N) is 1. The fourth-order valence-corrected chi connectivity index (χ4v) is 2.32. The topological polar surface area (TPSA) is 72.2 Å². The van der Waals surface area contributed by atoms with E-state index in [0.29, 0.717) is 5.92 Å². The van der Waals surface area contributed by atoms with E-state index < -0.39 is 10.2 Å². The number of benzene rings is 1. The predicted molar refractivity (Wildman–Crippen MR) is 85.7 cm³/mol. The number of anilines is 1. The number of hydrogen-bond acceptors (Lipinski definition) is 5. The van der Waals surface area contributed by atoms with E-state index >= 15 is 0 Å². The molecule has 1 amide bonds. The molecule has 110 valence electrons. The van der Waals surface area contributed by atoms with Gasteiger partial charge in [-0.05, 0) is 25.0 Å². The first kappa shape index (κ1) is 16.8. The van der Waals surface area contributed by atoms with Crippen molar-refractivity contribution in [3.63, 3.8) is 0 Å². The quantitative estimate of drug-likeness (QED) is 0.364. The van der Waals surface area contributed by atoms with Crippen LogP contribution in [-0.4, -0.2) is 21.8 Å². The van der Waals surface area contributed by atoms with Gasteiger partial charge in [0.1, 0.15) is 5.69 Å². The third-order valence-electron chi connectivity index (χ3n) is 2.39. The Morgan fingerprint density at radius 2 is 2.10 bits per heavy atom. The molecule has 0 aromatic heterocycles. The van der Waals surface area contributed by atoms with Crippen LogP contribution < -0.4 is 5.32 Å². The van der Waals surface area contributed by atoms with Crippen molar-refractivity contribution >= 4 is 41.7 Å². The SMILES string of the molecule is CC(C)CSc1ccc([N+](=O)[O-])c(NC(=O)C(C)S)c1. The number of rotatable bonds is 6. The summed E-state index contributed by atoms with van der Waals surface area (Å²) in [6.07, 6.45) is 0. The molecular weight excluding hydrogens is 296 g/mol. The van der Waals surface area contributed by atoms with Gasteiger partial charge in [-0.15, -0.1) is 11.8 Å². The molecule has 7 heteroatoms. The van der Waals surface area contributed by atoms with Crippen LogP contribution in [0.4, 0.5) is 11.4 Å². The third kappa shape index (κ3) is 5.05. The molecule has 0 fully saturated rings. The van der Waals surface area contributed by atoms with Gasteiger partial charge in [-0.1, -0.05) is 13.8 Å². The minimum Gasteiger partial charge on any atom is -0.319 e. The van der Waals surface area contributed by atoms with Crippen molar-refractivity contribution < 1.29 is 9.72 Å². The Kier molecular flexibility index (Phi) is 6.35. The number of carbonyl (C=O) groups is 1. The highest BCUT2D eigenvalue weighted by Crippen LogP contribution is 2.31. The molecule has 0 bridgehead atoms. The summed E-state index contributed by atoms with van der Waals surface area (Å²) in [5, 5.41) is 13.0. The highest BCUT2D eigenvalue weighted by atomic mass is 32.2. The van der Waals surface area contributed by atoms with Gasteiger partial charge in [-0.25, -0.2) is 0 Å². The monoisotopic (exact) mass is 314 g/mol. The van der Waals surface area contributed by atoms with Crippen molar-refractivity contribution in [1.29, 1.82) is 0 Å². The first-order valence-electron chi connectivity index (χ1n) is 6.21. The molecule has 0 saturated carbocycles. The second-order valence-electron chi connectivity index (χ2n) is 4.81. The van der Waals surface area contributed by atoms with Crippen LogP contribution in [0.5, 0.6) is 0 Å². The molecular formula is C13H18N2O3S2. The Morgan fingerprint density at radius 1 is 1.45 bits per heavy atom. The number of nitrogens with zero attached hydrogens (tertiary/aromatic N) is 1. The summed E-state index contributed by atoms with van der Waals surface area (Å²) in [5.41, 5.74) is 0.107. The standard InChI is InChI=1S/C13H18N2O3S2/c1-8(2)7-20-10-4-5-12(15(17)18)11(6-10)14-13(16)9(3)19/h4-6,8-9,19H,7H2,1-3H3,(H,14,16). The van der Waals surface area contributed by atoms with Gasteiger partial charge in [-0.3, -0.25) is 14.9 Å². The maximum Gasteiger partial charge on any atom is 0.292 e. The van der Waals surface area contributed by atoms with Gasteiger partial charge >= 0.3 is 0 Å². The fraction of sp³-hybridized carbons (Fsp3) is 0.462. The Bertz CT molecular complexity index is 504. The normalized spacial score (nSPS) is 12.2. The number of amides is 1. The van der Waals surface area contributed by atoms with E-state index in [1.807, 2.05) is 0 Å². The second-order valence-corrected chi connectivity index (χ2v) is 6.67. The van der Waals surface area contributed by atoms with Crippen molar-refractivity contribution in [1.82, 2.24) is 0 Å². The van der Waals surface area contributed by atoms with E-state index in [0.717, 1.165) is 10.6 Å². The van der Waals surface area contributed by atoms with Crippen LogP contribution >= 0.6 is 24.4 Å². The van der Waals surface area contributed by atoms with Crippen LogP contribution in [0.15, 0.2) is 23.1 Å². The lowest BCUT2D eigenvalue weighted by atomic mass is 10.2.